The molecule has 3 aromatic carbocycles. The standard InChI is InChI=1S/C28H27ClN2O2/c29-25-14-5-4-12-23(25)28(33)31-17-7-13-24(26(31)20-8-2-1-3-9-20)27(32)30-22-16-15-19-10-6-11-21(19)18-22/h1-5,8-9,12,14-16,18,24,26H,6-7,10-11,13,17H2,(H,30,32)/t24?,26-/m0/s1. The van der Waals surface area contributed by atoms with Crippen molar-refractivity contribution < 1.29 is 9.59 Å². The maximum atomic E-state index is 13.6. The summed E-state index contributed by atoms with van der Waals surface area (Å²) in [5, 5.41) is 3.58. The smallest absolute Gasteiger partial charge is 0.255 e. The fourth-order valence-electron chi connectivity index (χ4n) is 5.23. The first-order chi connectivity index (χ1) is 16.1. The van der Waals surface area contributed by atoms with Crippen molar-refractivity contribution in [1.29, 1.82) is 0 Å². The summed E-state index contributed by atoms with van der Waals surface area (Å²) >= 11 is 6.36. The Morgan fingerprint density at radius 1 is 0.879 bits per heavy atom. The lowest BCUT2D eigenvalue weighted by Crippen LogP contribution is -2.46. The third-order valence-corrected chi connectivity index (χ3v) is 7.17. The van der Waals surface area contributed by atoms with E-state index in [-0.39, 0.29) is 23.8 Å². The molecule has 1 aliphatic carbocycles. The molecule has 0 radical (unpaired) electrons. The summed E-state index contributed by atoms with van der Waals surface area (Å²) in [6.45, 7) is 0.590. The minimum Gasteiger partial charge on any atom is -0.331 e. The van der Waals surface area contributed by atoms with Gasteiger partial charge in [0.05, 0.1) is 22.5 Å². The minimum absolute atomic E-state index is 0.0431. The number of piperidine rings is 1. The van der Waals surface area contributed by atoms with Crippen LogP contribution in [0.25, 0.3) is 0 Å². The van der Waals surface area contributed by atoms with Gasteiger partial charge >= 0.3 is 0 Å². The van der Waals surface area contributed by atoms with Gasteiger partial charge in [-0.25, -0.2) is 0 Å². The predicted molar refractivity (Wildman–Crippen MR) is 131 cm³/mol. The van der Waals surface area contributed by atoms with Crippen molar-refractivity contribution >= 4 is 29.1 Å². The normalized spacial score (nSPS) is 19.7. The lowest BCUT2D eigenvalue weighted by Gasteiger charge is -2.41. The Kier molecular flexibility index (Phi) is 6.19. The molecule has 2 aliphatic rings. The topological polar surface area (TPSA) is 49.4 Å². The number of fused-ring (bicyclic) bond motifs is 1. The van der Waals surface area contributed by atoms with E-state index in [0.717, 1.165) is 36.9 Å². The fraction of sp³-hybridized carbons (Fsp3) is 0.286. The molecule has 3 aromatic rings. The number of carbonyl (C=O) groups is 2. The second-order valence-electron chi connectivity index (χ2n) is 8.91. The first kappa shape index (κ1) is 21.7. The summed E-state index contributed by atoms with van der Waals surface area (Å²) in [5.74, 6) is -0.524. The average molecular weight is 459 g/mol. The van der Waals surface area contributed by atoms with Gasteiger partial charge in [-0.05, 0) is 73.1 Å². The zero-order valence-corrected chi connectivity index (χ0v) is 19.2. The number of nitrogens with zero attached hydrogens (tertiary/aromatic N) is 1. The minimum atomic E-state index is -0.349. The fourth-order valence-corrected chi connectivity index (χ4v) is 5.45. The summed E-state index contributed by atoms with van der Waals surface area (Å²) in [6.07, 6.45) is 4.84. The number of hydrogen-bond acceptors (Lipinski definition) is 2. The number of aryl methyl sites for hydroxylation is 2. The lowest BCUT2D eigenvalue weighted by molar-refractivity contribution is -0.123. The number of likely N-dealkylation sites (tertiary alicyclic amines) is 1. The van der Waals surface area contributed by atoms with E-state index in [2.05, 4.69) is 17.4 Å². The summed E-state index contributed by atoms with van der Waals surface area (Å²) in [5.41, 5.74) is 4.98. The number of rotatable bonds is 4. The summed E-state index contributed by atoms with van der Waals surface area (Å²) < 4.78 is 0. The highest BCUT2D eigenvalue weighted by molar-refractivity contribution is 6.33. The number of hydrogen-bond donors (Lipinski definition) is 1. The molecule has 33 heavy (non-hydrogen) atoms. The van der Waals surface area contributed by atoms with Gasteiger partial charge in [-0.15, -0.1) is 0 Å². The molecule has 1 N–H and O–H groups in total. The van der Waals surface area contributed by atoms with E-state index in [1.165, 1.54) is 17.5 Å². The van der Waals surface area contributed by atoms with Crippen LogP contribution >= 0.6 is 11.6 Å². The number of benzene rings is 3. The van der Waals surface area contributed by atoms with E-state index >= 15 is 0 Å². The molecule has 2 atom stereocenters. The average Bonchev–Trinajstić information content (AvgIpc) is 3.32. The van der Waals surface area contributed by atoms with Crippen molar-refractivity contribution in [2.24, 2.45) is 5.92 Å². The zero-order valence-electron chi connectivity index (χ0n) is 18.5. The molecule has 168 valence electrons. The predicted octanol–water partition coefficient (Wildman–Crippen LogP) is 6.06. The van der Waals surface area contributed by atoms with Gasteiger partial charge < -0.3 is 10.2 Å². The molecule has 2 amide bonds. The number of amides is 2. The van der Waals surface area contributed by atoms with E-state index in [0.29, 0.717) is 17.1 Å². The Hall–Kier alpha value is -3.11. The Morgan fingerprint density at radius 3 is 2.45 bits per heavy atom. The maximum absolute atomic E-state index is 13.6. The van der Waals surface area contributed by atoms with Crippen molar-refractivity contribution in [3.8, 4) is 0 Å². The van der Waals surface area contributed by atoms with Crippen molar-refractivity contribution in [3.05, 3.63) is 100 Å². The number of anilines is 1. The summed E-state index contributed by atoms with van der Waals surface area (Å²) in [7, 11) is 0. The maximum Gasteiger partial charge on any atom is 0.255 e. The van der Waals surface area contributed by atoms with Gasteiger partial charge in [0.25, 0.3) is 5.91 Å². The van der Waals surface area contributed by atoms with Crippen LogP contribution in [0.1, 0.15) is 52.4 Å². The molecular formula is C28H27ClN2O2. The highest BCUT2D eigenvalue weighted by atomic mass is 35.5. The first-order valence-electron chi connectivity index (χ1n) is 11.6. The van der Waals surface area contributed by atoms with Crippen molar-refractivity contribution in [2.75, 3.05) is 11.9 Å². The van der Waals surface area contributed by atoms with Gasteiger partial charge in [-0.2, -0.15) is 0 Å². The van der Waals surface area contributed by atoms with E-state index in [1.807, 2.05) is 53.4 Å². The number of carbonyl (C=O) groups excluding carboxylic acids is 2. The summed E-state index contributed by atoms with van der Waals surface area (Å²) in [6, 6.07) is 22.9. The Bertz CT molecular complexity index is 1180. The van der Waals surface area contributed by atoms with E-state index in [1.54, 1.807) is 12.1 Å². The van der Waals surface area contributed by atoms with Crippen LogP contribution in [0.4, 0.5) is 5.69 Å². The molecule has 1 unspecified atom stereocenters. The molecule has 1 saturated heterocycles. The van der Waals surface area contributed by atoms with Gasteiger partial charge in [-0.1, -0.05) is 60.1 Å². The lowest BCUT2D eigenvalue weighted by atomic mass is 9.83. The monoisotopic (exact) mass is 458 g/mol. The third kappa shape index (κ3) is 4.40. The van der Waals surface area contributed by atoms with Gasteiger partial charge in [0, 0.05) is 12.2 Å². The van der Waals surface area contributed by atoms with Gasteiger partial charge in [0.15, 0.2) is 0 Å². The molecule has 0 saturated carbocycles. The molecule has 0 spiro atoms. The van der Waals surface area contributed by atoms with Crippen LogP contribution in [-0.2, 0) is 17.6 Å². The molecule has 1 aliphatic heterocycles. The molecule has 4 nitrogen and oxygen atoms in total. The number of nitrogens with one attached hydrogen (secondary N) is 1. The van der Waals surface area contributed by atoms with Gasteiger partial charge in [-0.3, -0.25) is 9.59 Å². The second kappa shape index (κ2) is 9.40. The number of halogens is 1. The van der Waals surface area contributed by atoms with Gasteiger partial charge in [0.2, 0.25) is 5.91 Å². The molecule has 1 heterocycles. The molecule has 5 heteroatoms. The highest BCUT2D eigenvalue weighted by Crippen LogP contribution is 2.38. The van der Waals surface area contributed by atoms with Crippen LogP contribution in [0.3, 0.4) is 0 Å². The van der Waals surface area contributed by atoms with Gasteiger partial charge in [0.1, 0.15) is 0 Å². The van der Waals surface area contributed by atoms with Crippen molar-refractivity contribution in [1.82, 2.24) is 4.90 Å². The van der Waals surface area contributed by atoms with Crippen molar-refractivity contribution in [3.63, 3.8) is 0 Å². The van der Waals surface area contributed by atoms with Crippen LogP contribution < -0.4 is 5.32 Å². The largest absolute Gasteiger partial charge is 0.331 e. The van der Waals surface area contributed by atoms with E-state index in [9.17, 15) is 9.59 Å². The van der Waals surface area contributed by atoms with E-state index < -0.39 is 0 Å². The van der Waals surface area contributed by atoms with Crippen LogP contribution in [0.2, 0.25) is 5.02 Å². The van der Waals surface area contributed by atoms with Crippen LogP contribution in [0.5, 0.6) is 0 Å². The Labute approximate surface area is 199 Å². The van der Waals surface area contributed by atoms with Crippen LogP contribution in [0, 0.1) is 5.92 Å². The zero-order chi connectivity index (χ0) is 22.8. The second-order valence-corrected chi connectivity index (χ2v) is 9.32. The van der Waals surface area contributed by atoms with E-state index in [4.69, 9.17) is 11.6 Å². The SMILES string of the molecule is O=C(Nc1ccc2c(c1)CCC2)C1CCCN(C(=O)c2ccccc2Cl)[C@H]1c1ccccc1. The highest BCUT2D eigenvalue weighted by Gasteiger charge is 2.40. The third-order valence-electron chi connectivity index (χ3n) is 6.84. The molecular weight excluding hydrogens is 432 g/mol. The molecule has 5 rings (SSSR count). The first-order valence-corrected chi connectivity index (χ1v) is 12.0. The molecule has 0 aromatic heterocycles. The summed E-state index contributed by atoms with van der Waals surface area (Å²) in [4.78, 5) is 28.9. The molecule has 1 fully saturated rings. The quantitative estimate of drug-likeness (QED) is 0.516. The molecule has 0 bridgehead atoms. The Balaban J connectivity index is 1.46. The van der Waals surface area contributed by atoms with Crippen LogP contribution in [0.15, 0.2) is 72.8 Å². The van der Waals surface area contributed by atoms with Crippen LogP contribution in [-0.4, -0.2) is 23.3 Å². The Morgan fingerprint density at radius 2 is 1.64 bits per heavy atom. The van der Waals surface area contributed by atoms with Crippen molar-refractivity contribution in [2.45, 2.75) is 38.1 Å².